The number of unbranched alkanes of at least 4 members (excludes halogenated alkanes) is 1. The van der Waals surface area contributed by atoms with Gasteiger partial charge in [0.25, 0.3) is 0 Å². The van der Waals surface area contributed by atoms with Crippen molar-refractivity contribution in [2.24, 2.45) is 0 Å². The molecular formula is C9H20O3. The Morgan fingerprint density at radius 3 is 2.33 bits per heavy atom. The molecule has 0 rings (SSSR count). The van der Waals surface area contributed by atoms with E-state index < -0.39 is 11.7 Å². The molecule has 0 unspecified atom stereocenters. The average Bonchev–Trinajstić information content (AvgIpc) is 2.05. The summed E-state index contributed by atoms with van der Waals surface area (Å²) in [6, 6.07) is 0. The van der Waals surface area contributed by atoms with Crippen LogP contribution in [0.4, 0.5) is 0 Å². The molecule has 0 aromatic heterocycles. The first kappa shape index (κ1) is 11.9. The van der Waals surface area contributed by atoms with Crippen LogP contribution in [0.1, 0.15) is 39.5 Å². The van der Waals surface area contributed by atoms with Crippen LogP contribution >= 0.6 is 0 Å². The molecule has 12 heavy (non-hydrogen) atoms. The number of aliphatic hydroxyl groups is 3. The van der Waals surface area contributed by atoms with E-state index in [1.807, 2.05) is 6.92 Å². The third-order valence-corrected chi connectivity index (χ3v) is 2.32. The maximum absolute atomic E-state index is 9.58. The van der Waals surface area contributed by atoms with Gasteiger partial charge in [0.1, 0.15) is 0 Å². The SMILES string of the molecule is CC[C@](C)(O)[C@@H](O)CCCCO. The summed E-state index contributed by atoms with van der Waals surface area (Å²) in [6.07, 6.45) is 1.88. The maximum Gasteiger partial charge on any atom is 0.0874 e. The van der Waals surface area contributed by atoms with Crippen LogP contribution in [0.3, 0.4) is 0 Å². The molecule has 0 amide bonds. The molecule has 0 aliphatic carbocycles. The Kier molecular flexibility index (Phi) is 5.46. The van der Waals surface area contributed by atoms with Crippen molar-refractivity contribution in [2.45, 2.75) is 51.2 Å². The second-order valence-corrected chi connectivity index (χ2v) is 3.45. The summed E-state index contributed by atoms with van der Waals surface area (Å²) >= 11 is 0. The van der Waals surface area contributed by atoms with Gasteiger partial charge in [-0.3, -0.25) is 0 Å². The minimum atomic E-state index is -0.977. The molecule has 0 saturated heterocycles. The highest BCUT2D eigenvalue weighted by Crippen LogP contribution is 2.18. The molecule has 74 valence electrons. The van der Waals surface area contributed by atoms with Crippen LogP contribution in [-0.4, -0.2) is 33.6 Å². The lowest BCUT2D eigenvalue weighted by Crippen LogP contribution is -2.38. The van der Waals surface area contributed by atoms with E-state index in [2.05, 4.69) is 0 Å². The molecule has 0 bridgehead atoms. The Hall–Kier alpha value is -0.120. The van der Waals surface area contributed by atoms with Crippen LogP contribution in [0, 0.1) is 0 Å². The summed E-state index contributed by atoms with van der Waals surface area (Å²) in [4.78, 5) is 0. The highest BCUT2D eigenvalue weighted by molar-refractivity contribution is 4.79. The van der Waals surface area contributed by atoms with E-state index in [4.69, 9.17) is 5.11 Å². The zero-order valence-electron chi connectivity index (χ0n) is 7.95. The Morgan fingerprint density at radius 2 is 1.92 bits per heavy atom. The van der Waals surface area contributed by atoms with Crippen molar-refractivity contribution in [1.82, 2.24) is 0 Å². The molecule has 0 heterocycles. The fourth-order valence-corrected chi connectivity index (χ4v) is 0.996. The first-order chi connectivity index (χ1) is 5.54. The second-order valence-electron chi connectivity index (χ2n) is 3.45. The number of hydrogen-bond donors (Lipinski definition) is 3. The van der Waals surface area contributed by atoms with Crippen molar-refractivity contribution < 1.29 is 15.3 Å². The average molecular weight is 176 g/mol. The Labute approximate surface area is 74.0 Å². The summed E-state index contributed by atoms with van der Waals surface area (Å²) in [5.41, 5.74) is -0.977. The van der Waals surface area contributed by atoms with Crippen molar-refractivity contribution in [3.63, 3.8) is 0 Å². The van der Waals surface area contributed by atoms with E-state index in [0.29, 0.717) is 19.3 Å². The lowest BCUT2D eigenvalue weighted by molar-refractivity contribution is -0.0680. The molecule has 2 atom stereocenters. The predicted octanol–water partition coefficient (Wildman–Crippen LogP) is 0.671. The molecule has 3 heteroatoms. The third kappa shape index (κ3) is 4.04. The summed E-state index contributed by atoms with van der Waals surface area (Å²) in [6.45, 7) is 3.63. The molecule has 0 aromatic carbocycles. The van der Waals surface area contributed by atoms with Crippen LogP contribution in [0.25, 0.3) is 0 Å². The normalized spacial score (nSPS) is 18.8. The molecule has 0 aromatic rings. The molecule has 0 radical (unpaired) electrons. The van der Waals surface area contributed by atoms with E-state index in [1.54, 1.807) is 6.92 Å². The van der Waals surface area contributed by atoms with Crippen molar-refractivity contribution in [3.8, 4) is 0 Å². The van der Waals surface area contributed by atoms with Crippen LogP contribution in [-0.2, 0) is 0 Å². The highest BCUT2D eigenvalue weighted by Gasteiger charge is 2.27. The van der Waals surface area contributed by atoms with Crippen LogP contribution in [0.2, 0.25) is 0 Å². The van der Waals surface area contributed by atoms with Gasteiger partial charge in [-0.05, 0) is 32.6 Å². The van der Waals surface area contributed by atoms with Crippen LogP contribution in [0.5, 0.6) is 0 Å². The fraction of sp³-hybridized carbons (Fsp3) is 1.00. The van der Waals surface area contributed by atoms with Gasteiger partial charge in [0.05, 0.1) is 11.7 Å². The van der Waals surface area contributed by atoms with Gasteiger partial charge >= 0.3 is 0 Å². The van der Waals surface area contributed by atoms with E-state index in [0.717, 1.165) is 6.42 Å². The molecule has 3 nitrogen and oxygen atoms in total. The first-order valence-corrected chi connectivity index (χ1v) is 4.56. The lowest BCUT2D eigenvalue weighted by atomic mass is 9.92. The molecule has 0 aliphatic rings. The molecule has 0 fully saturated rings. The molecule has 0 saturated carbocycles. The van der Waals surface area contributed by atoms with Gasteiger partial charge in [0, 0.05) is 6.61 Å². The highest BCUT2D eigenvalue weighted by atomic mass is 16.3. The van der Waals surface area contributed by atoms with Crippen molar-refractivity contribution >= 4 is 0 Å². The maximum atomic E-state index is 9.58. The van der Waals surface area contributed by atoms with E-state index in [-0.39, 0.29) is 6.61 Å². The van der Waals surface area contributed by atoms with Gasteiger partial charge in [0.2, 0.25) is 0 Å². The second kappa shape index (κ2) is 5.51. The predicted molar refractivity (Wildman–Crippen MR) is 47.9 cm³/mol. The van der Waals surface area contributed by atoms with Crippen LogP contribution < -0.4 is 0 Å². The number of aliphatic hydroxyl groups excluding tert-OH is 2. The Morgan fingerprint density at radius 1 is 1.33 bits per heavy atom. The van der Waals surface area contributed by atoms with E-state index in [1.165, 1.54) is 0 Å². The smallest absolute Gasteiger partial charge is 0.0874 e. The first-order valence-electron chi connectivity index (χ1n) is 4.56. The number of hydrogen-bond acceptors (Lipinski definition) is 3. The molecule has 3 N–H and O–H groups in total. The summed E-state index contributed by atoms with van der Waals surface area (Å²) in [5.74, 6) is 0. The van der Waals surface area contributed by atoms with Crippen LogP contribution in [0.15, 0.2) is 0 Å². The minimum Gasteiger partial charge on any atom is -0.396 e. The third-order valence-electron chi connectivity index (χ3n) is 2.32. The van der Waals surface area contributed by atoms with Crippen molar-refractivity contribution in [3.05, 3.63) is 0 Å². The zero-order valence-corrected chi connectivity index (χ0v) is 7.95. The lowest BCUT2D eigenvalue weighted by Gasteiger charge is -2.27. The summed E-state index contributed by atoms with van der Waals surface area (Å²) in [7, 11) is 0. The summed E-state index contributed by atoms with van der Waals surface area (Å²) < 4.78 is 0. The monoisotopic (exact) mass is 176 g/mol. The zero-order chi connectivity index (χ0) is 9.61. The molecular weight excluding hydrogens is 156 g/mol. The van der Waals surface area contributed by atoms with Gasteiger partial charge < -0.3 is 15.3 Å². The van der Waals surface area contributed by atoms with Gasteiger partial charge in [-0.1, -0.05) is 6.92 Å². The molecule has 0 aliphatic heterocycles. The van der Waals surface area contributed by atoms with Crippen molar-refractivity contribution in [1.29, 1.82) is 0 Å². The summed E-state index contributed by atoms with van der Waals surface area (Å²) in [5, 5.41) is 27.5. The van der Waals surface area contributed by atoms with Gasteiger partial charge in [-0.25, -0.2) is 0 Å². The Balaban J connectivity index is 3.63. The van der Waals surface area contributed by atoms with Gasteiger partial charge in [-0.2, -0.15) is 0 Å². The topological polar surface area (TPSA) is 60.7 Å². The Bertz CT molecular complexity index is 112. The van der Waals surface area contributed by atoms with Gasteiger partial charge in [0.15, 0.2) is 0 Å². The van der Waals surface area contributed by atoms with E-state index >= 15 is 0 Å². The van der Waals surface area contributed by atoms with Gasteiger partial charge in [-0.15, -0.1) is 0 Å². The van der Waals surface area contributed by atoms with Crippen molar-refractivity contribution in [2.75, 3.05) is 6.61 Å². The quantitative estimate of drug-likeness (QED) is 0.521. The standard InChI is InChI=1S/C9H20O3/c1-3-9(2,12)8(11)6-4-5-7-10/h8,10-12H,3-7H2,1-2H3/t8-,9-/m0/s1. The minimum absolute atomic E-state index is 0.154. The molecule has 0 spiro atoms. The fourth-order valence-electron chi connectivity index (χ4n) is 0.996. The largest absolute Gasteiger partial charge is 0.396 e. The number of rotatable bonds is 6. The van der Waals surface area contributed by atoms with E-state index in [9.17, 15) is 10.2 Å².